The van der Waals surface area contributed by atoms with Crippen molar-refractivity contribution in [2.24, 2.45) is 0 Å². The van der Waals surface area contributed by atoms with Crippen molar-refractivity contribution in [3.63, 3.8) is 0 Å². The molecule has 1 aromatic rings. The minimum absolute atomic E-state index is 0.0242. The molecule has 0 radical (unpaired) electrons. The quantitative estimate of drug-likeness (QED) is 0.608. The fourth-order valence-corrected chi connectivity index (χ4v) is 1.05. The van der Waals surface area contributed by atoms with Gasteiger partial charge in [0.25, 0.3) is 12.3 Å². The van der Waals surface area contributed by atoms with Crippen LogP contribution in [0.5, 0.6) is 0 Å². The lowest BCUT2D eigenvalue weighted by molar-refractivity contribution is 0.0188. The van der Waals surface area contributed by atoms with Crippen molar-refractivity contribution in [3.8, 4) is 0 Å². The molecule has 0 aliphatic rings. The molecule has 0 atom stereocenters. The number of nitrogens with one attached hydrogen (secondary N) is 1. The number of carbonyl (C=O) groups is 1. The summed E-state index contributed by atoms with van der Waals surface area (Å²) < 4.78 is 40.6. The van der Waals surface area contributed by atoms with Crippen LogP contribution in [0.3, 0.4) is 0 Å². The largest absolute Gasteiger partial charge is 0.374 e. The molecule has 0 bridgehead atoms. The van der Waals surface area contributed by atoms with E-state index in [0.29, 0.717) is 0 Å². The lowest BCUT2D eigenvalue weighted by atomic mass is 10.2. The number of amides is 1. The molecule has 0 spiro atoms. The third-order valence-electron chi connectivity index (χ3n) is 1.76. The van der Waals surface area contributed by atoms with Gasteiger partial charge in [0.1, 0.15) is 6.61 Å². The first-order valence-electron chi connectivity index (χ1n) is 4.85. The molecular formula is C10H11F3N2O2. The zero-order valence-corrected chi connectivity index (χ0v) is 8.83. The first kappa shape index (κ1) is 13.4. The molecule has 94 valence electrons. The van der Waals surface area contributed by atoms with Crippen LogP contribution in [-0.4, -0.2) is 37.1 Å². The van der Waals surface area contributed by atoms with Gasteiger partial charge in [0.15, 0.2) is 0 Å². The molecule has 4 nitrogen and oxygen atoms in total. The molecule has 0 fully saturated rings. The van der Waals surface area contributed by atoms with Crippen LogP contribution in [-0.2, 0) is 4.74 Å². The monoisotopic (exact) mass is 248 g/mol. The Bertz CT molecular complexity index is 374. The number of hydrogen-bond acceptors (Lipinski definition) is 3. The SMILES string of the molecule is O=C(NCCOCC(F)F)c1ccnc(F)c1. The summed E-state index contributed by atoms with van der Waals surface area (Å²) in [5.41, 5.74) is 0.117. The zero-order valence-electron chi connectivity index (χ0n) is 8.83. The number of halogens is 3. The molecule has 0 saturated carbocycles. The van der Waals surface area contributed by atoms with Crippen molar-refractivity contribution in [3.05, 3.63) is 29.8 Å². The Labute approximate surface area is 95.8 Å². The van der Waals surface area contributed by atoms with Crippen LogP contribution in [0.15, 0.2) is 18.3 Å². The number of ether oxygens (including phenoxy) is 1. The zero-order chi connectivity index (χ0) is 12.7. The predicted octanol–water partition coefficient (Wildman–Crippen LogP) is 1.23. The van der Waals surface area contributed by atoms with Crippen LogP contribution in [0, 0.1) is 5.95 Å². The molecule has 1 aromatic heterocycles. The Morgan fingerprint density at radius 2 is 2.29 bits per heavy atom. The highest BCUT2D eigenvalue weighted by atomic mass is 19.3. The van der Waals surface area contributed by atoms with E-state index in [1.807, 2.05) is 0 Å². The molecule has 17 heavy (non-hydrogen) atoms. The van der Waals surface area contributed by atoms with Crippen molar-refractivity contribution >= 4 is 5.91 Å². The Kier molecular flexibility index (Phi) is 5.41. The van der Waals surface area contributed by atoms with E-state index in [1.165, 1.54) is 6.07 Å². The highest BCUT2D eigenvalue weighted by Gasteiger charge is 2.06. The third-order valence-corrected chi connectivity index (χ3v) is 1.76. The maximum Gasteiger partial charge on any atom is 0.261 e. The van der Waals surface area contributed by atoms with Gasteiger partial charge in [-0.2, -0.15) is 4.39 Å². The molecule has 1 heterocycles. The van der Waals surface area contributed by atoms with Gasteiger partial charge in [-0.1, -0.05) is 0 Å². The van der Waals surface area contributed by atoms with Crippen molar-refractivity contribution in [1.29, 1.82) is 0 Å². The van der Waals surface area contributed by atoms with Crippen LogP contribution in [0.25, 0.3) is 0 Å². The number of pyridine rings is 1. The Morgan fingerprint density at radius 3 is 2.94 bits per heavy atom. The van der Waals surface area contributed by atoms with Gasteiger partial charge < -0.3 is 10.1 Å². The Hall–Kier alpha value is -1.63. The smallest absolute Gasteiger partial charge is 0.261 e. The molecule has 0 aliphatic carbocycles. The van der Waals surface area contributed by atoms with E-state index in [1.54, 1.807) is 0 Å². The summed E-state index contributed by atoms with van der Waals surface area (Å²) in [6, 6.07) is 2.33. The van der Waals surface area contributed by atoms with Crippen LogP contribution in [0.4, 0.5) is 13.2 Å². The summed E-state index contributed by atoms with van der Waals surface area (Å²) in [5, 5.41) is 2.40. The lowest BCUT2D eigenvalue weighted by Crippen LogP contribution is -2.27. The second-order valence-electron chi connectivity index (χ2n) is 3.09. The standard InChI is InChI=1S/C10H11F3N2O2/c11-8(12)6-17-4-3-15-10(16)7-1-2-14-9(13)5-7/h1-2,5,8H,3-4,6H2,(H,15,16). The first-order valence-corrected chi connectivity index (χ1v) is 4.85. The fourth-order valence-electron chi connectivity index (χ4n) is 1.05. The van der Waals surface area contributed by atoms with Crippen LogP contribution < -0.4 is 5.32 Å². The number of aromatic nitrogens is 1. The molecule has 0 aromatic carbocycles. The molecule has 0 aliphatic heterocycles. The summed E-state index contributed by atoms with van der Waals surface area (Å²) in [5.74, 6) is -1.27. The van der Waals surface area contributed by atoms with Gasteiger partial charge in [-0.15, -0.1) is 0 Å². The number of hydrogen-bond donors (Lipinski definition) is 1. The molecule has 0 unspecified atom stereocenters. The number of carbonyl (C=O) groups excluding carboxylic acids is 1. The van der Waals surface area contributed by atoms with Crippen LogP contribution in [0.2, 0.25) is 0 Å². The molecule has 1 amide bonds. The summed E-state index contributed by atoms with van der Waals surface area (Å²) >= 11 is 0. The van der Waals surface area contributed by atoms with E-state index in [-0.39, 0.29) is 18.7 Å². The second kappa shape index (κ2) is 6.85. The maximum atomic E-state index is 12.7. The van der Waals surface area contributed by atoms with Gasteiger partial charge >= 0.3 is 0 Å². The number of alkyl halides is 2. The van der Waals surface area contributed by atoms with E-state index in [0.717, 1.165) is 12.3 Å². The van der Waals surface area contributed by atoms with E-state index in [9.17, 15) is 18.0 Å². The predicted molar refractivity (Wildman–Crippen MR) is 53.4 cm³/mol. The molecule has 1 N–H and O–H groups in total. The number of rotatable bonds is 6. The fraction of sp³-hybridized carbons (Fsp3) is 0.400. The minimum atomic E-state index is -2.53. The Morgan fingerprint density at radius 1 is 1.53 bits per heavy atom. The molecule has 1 rings (SSSR count). The van der Waals surface area contributed by atoms with Crippen molar-refractivity contribution in [2.75, 3.05) is 19.8 Å². The average Bonchev–Trinajstić information content (AvgIpc) is 2.28. The van der Waals surface area contributed by atoms with Gasteiger partial charge in [0.05, 0.1) is 6.61 Å². The molecular weight excluding hydrogens is 237 g/mol. The highest BCUT2D eigenvalue weighted by molar-refractivity contribution is 5.93. The highest BCUT2D eigenvalue weighted by Crippen LogP contribution is 1.99. The van der Waals surface area contributed by atoms with Crippen molar-refractivity contribution in [1.82, 2.24) is 10.3 Å². The van der Waals surface area contributed by atoms with Crippen molar-refractivity contribution in [2.45, 2.75) is 6.43 Å². The normalized spacial score (nSPS) is 10.6. The lowest BCUT2D eigenvalue weighted by Gasteiger charge is -2.05. The summed E-state index contributed by atoms with van der Waals surface area (Å²) in [7, 11) is 0. The average molecular weight is 248 g/mol. The number of nitrogens with zero attached hydrogens (tertiary/aromatic N) is 1. The van der Waals surface area contributed by atoms with Gasteiger partial charge in [-0.05, 0) is 6.07 Å². The summed E-state index contributed by atoms with van der Waals surface area (Å²) in [6.45, 7) is -0.612. The van der Waals surface area contributed by atoms with Crippen LogP contribution in [0.1, 0.15) is 10.4 Å². The first-order chi connectivity index (χ1) is 8.09. The van der Waals surface area contributed by atoms with Gasteiger partial charge in [-0.25, -0.2) is 13.8 Å². The summed E-state index contributed by atoms with van der Waals surface area (Å²) in [4.78, 5) is 14.7. The van der Waals surface area contributed by atoms with Crippen molar-refractivity contribution < 1.29 is 22.7 Å². The second-order valence-corrected chi connectivity index (χ2v) is 3.09. The van der Waals surface area contributed by atoms with Crippen LogP contribution >= 0.6 is 0 Å². The van der Waals surface area contributed by atoms with E-state index in [4.69, 9.17) is 0 Å². The minimum Gasteiger partial charge on any atom is -0.374 e. The van der Waals surface area contributed by atoms with E-state index >= 15 is 0 Å². The molecule has 0 saturated heterocycles. The van der Waals surface area contributed by atoms with Gasteiger partial charge in [0, 0.05) is 24.4 Å². The topological polar surface area (TPSA) is 51.2 Å². The third kappa shape index (κ3) is 5.30. The Balaban J connectivity index is 2.26. The van der Waals surface area contributed by atoms with Gasteiger partial charge in [0.2, 0.25) is 5.95 Å². The van der Waals surface area contributed by atoms with Gasteiger partial charge in [-0.3, -0.25) is 4.79 Å². The van der Waals surface area contributed by atoms with E-state index < -0.39 is 24.9 Å². The summed E-state index contributed by atoms with van der Waals surface area (Å²) in [6.07, 6.45) is -1.36. The maximum absolute atomic E-state index is 12.7. The molecule has 7 heteroatoms. The van der Waals surface area contributed by atoms with E-state index in [2.05, 4.69) is 15.0 Å².